The molecule has 5 aliphatic carbocycles. The fraction of sp³-hybridized carbons (Fsp3) is 0.850. The first-order valence-electron chi connectivity index (χ1n) is 10.4. The van der Waals surface area contributed by atoms with Crippen molar-refractivity contribution in [1.82, 2.24) is 10.2 Å². The van der Waals surface area contributed by atoms with E-state index in [-0.39, 0.29) is 5.41 Å². The molecule has 0 atom stereocenters. The summed E-state index contributed by atoms with van der Waals surface area (Å²) in [5, 5.41) is 13.1. The van der Waals surface area contributed by atoms with Gasteiger partial charge in [0.25, 0.3) is 0 Å². The molecule has 0 radical (unpaired) electrons. The topological polar surface area (TPSA) is 54.9 Å². The van der Waals surface area contributed by atoms with E-state index in [1.165, 1.54) is 70.6 Å². The highest BCUT2D eigenvalue weighted by Gasteiger charge is 2.54. The number of nitrogens with one attached hydrogen (secondary N) is 1. The quantitative estimate of drug-likeness (QED) is 0.679. The van der Waals surface area contributed by atoms with Gasteiger partial charge < -0.3 is 5.32 Å². The number of anilines is 1. The van der Waals surface area contributed by atoms with Gasteiger partial charge in [0, 0.05) is 11.5 Å². The molecule has 1 heterocycles. The number of Topliss-reactive ketones (excluding diaryl/α,β-unsaturated/α-hetero) is 1. The SMILES string of the molecule is O=C(CSc1nnc(NC2CCCCC2)s1)C12CC3CC(CC(C3)C1)C2. The van der Waals surface area contributed by atoms with Gasteiger partial charge in [0.2, 0.25) is 5.13 Å². The Bertz CT molecular complexity index is 632. The van der Waals surface area contributed by atoms with Gasteiger partial charge in [-0.15, -0.1) is 10.2 Å². The Kier molecular flexibility index (Phi) is 4.76. The van der Waals surface area contributed by atoms with Crippen LogP contribution in [0.3, 0.4) is 0 Å². The summed E-state index contributed by atoms with van der Waals surface area (Å²) in [4.78, 5) is 13.1. The van der Waals surface area contributed by atoms with Gasteiger partial charge in [-0.25, -0.2) is 0 Å². The van der Waals surface area contributed by atoms with Crippen molar-refractivity contribution >= 4 is 34.0 Å². The molecule has 0 unspecified atom stereocenters. The highest BCUT2D eigenvalue weighted by molar-refractivity contribution is 8.01. The molecule has 0 aromatic carbocycles. The number of carbonyl (C=O) groups is 1. The first kappa shape index (κ1) is 17.5. The average Bonchev–Trinajstić information content (AvgIpc) is 3.07. The first-order valence-corrected chi connectivity index (χ1v) is 12.2. The summed E-state index contributed by atoms with van der Waals surface area (Å²) < 4.78 is 0.946. The number of rotatable bonds is 6. The molecule has 6 heteroatoms. The number of aromatic nitrogens is 2. The predicted octanol–water partition coefficient (Wildman–Crippen LogP) is 5.16. The van der Waals surface area contributed by atoms with Crippen LogP contribution >= 0.6 is 23.1 Å². The van der Waals surface area contributed by atoms with Crippen LogP contribution in [0.15, 0.2) is 4.34 Å². The van der Waals surface area contributed by atoms with E-state index in [2.05, 4.69) is 15.5 Å². The Hall–Kier alpha value is -0.620. The number of carbonyl (C=O) groups excluding carboxylic acids is 1. The Morgan fingerprint density at radius 2 is 1.69 bits per heavy atom. The Labute approximate surface area is 164 Å². The lowest BCUT2D eigenvalue weighted by Crippen LogP contribution is -2.50. The fourth-order valence-electron chi connectivity index (χ4n) is 6.48. The van der Waals surface area contributed by atoms with E-state index in [9.17, 15) is 4.79 Å². The molecule has 4 bridgehead atoms. The van der Waals surface area contributed by atoms with Crippen molar-refractivity contribution < 1.29 is 4.79 Å². The molecule has 0 spiro atoms. The molecular formula is C20H29N3OS2. The van der Waals surface area contributed by atoms with Gasteiger partial charge >= 0.3 is 0 Å². The highest BCUT2D eigenvalue weighted by atomic mass is 32.2. The summed E-state index contributed by atoms with van der Waals surface area (Å²) in [7, 11) is 0. The predicted molar refractivity (Wildman–Crippen MR) is 107 cm³/mol. The van der Waals surface area contributed by atoms with Crippen LogP contribution in [-0.2, 0) is 4.79 Å². The van der Waals surface area contributed by atoms with Gasteiger partial charge in [0.1, 0.15) is 5.78 Å². The van der Waals surface area contributed by atoms with Crippen LogP contribution < -0.4 is 5.32 Å². The summed E-state index contributed by atoms with van der Waals surface area (Å²) in [6.45, 7) is 0. The van der Waals surface area contributed by atoms with E-state index in [0.717, 1.165) is 27.2 Å². The van der Waals surface area contributed by atoms with Crippen molar-refractivity contribution in [1.29, 1.82) is 0 Å². The van der Waals surface area contributed by atoms with Crippen LogP contribution in [0, 0.1) is 23.2 Å². The molecule has 26 heavy (non-hydrogen) atoms. The average molecular weight is 392 g/mol. The third-order valence-electron chi connectivity index (χ3n) is 7.30. The minimum absolute atomic E-state index is 0.0234. The summed E-state index contributed by atoms with van der Waals surface area (Å²) in [5.74, 6) is 3.59. The molecule has 0 amide bonds. The molecule has 0 aliphatic heterocycles. The molecule has 5 fully saturated rings. The zero-order valence-electron chi connectivity index (χ0n) is 15.4. The van der Waals surface area contributed by atoms with Gasteiger partial charge in [-0.2, -0.15) is 0 Å². The van der Waals surface area contributed by atoms with Gasteiger partial charge in [-0.05, 0) is 69.1 Å². The minimum atomic E-state index is 0.0234. The van der Waals surface area contributed by atoms with E-state index in [4.69, 9.17) is 0 Å². The normalized spacial score (nSPS) is 36.4. The Balaban J connectivity index is 1.17. The fourth-order valence-corrected chi connectivity index (χ4v) is 8.34. The second-order valence-electron chi connectivity index (χ2n) is 9.26. The molecule has 6 rings (SSSR count). The van der Waals surface area contributed by atoms with Gasteiger partial charge in [0.05, 0.1) is 5.75 Å². The zero-order chi connectivity index (χ0) is 17.6. The lowest BCUT2D eigenvalue weighted by Gasteiger charge is -2.56. The summed E-state index contributed by atoms with van der Waals surface area (Å²) in [6, 6.07) is 0.559. The van der Waals surface area contributed by atoms with E-state index in [1.54, 1.807) is 23.1 Å². The van der Waals surface area contributed by atoms with Gasteiger partial charge in [-0.3, -0.25) is 4.79 Å². The molecular weight excluding hydrogens is 362 g/mol. The largest absolute Gasteiger partial charge is 0.357 e. The molecule has 5 aliphatic rings. The number of hydrogen-bond donors (Lipinski definition) is 1. The minimum Gasteiger partial charge on any atom is -0.357 e. The van der Waals surface area contributed by atoms with Crippen LogP contribution in [0.2, 0.25) is 0 Å². The maximum absolute atomic E-state index is 13.1. The van der Waals surface area contributed by atoms with Crippen molar-refractivity contribution in [2.45, 2.75) is 81.0 Å². The lowest BCUT2D eigenvalue weighted by atomic mass is 9.48. The standard InChI is InChI=1S/C20H29N3OS2/c24-17(20-9-13-6-14(10-20)8-15(7-13)11-20)12-25-19-23-22-18(26-19)21-16-4-2-1-3-5-16/h13-16H,1-12H2,(H,21,22). The summed E-state index contributed by atoms with van der Waals surface area (Å²) in [6.07, 6.45) is 14.2. The third-order valence-corrected chi connectivity index (χ3v) is 9.28. The Morgan fingerprint density at radius 3 is 2.35 bits per heavy atom. The van der Waals surface area contributed by atoms with E-state index in [0.29, 0.717) is 17.6 Å². The first-order chi connectivity index (χ1) is 12.7. The number of nitrogens with zero attached hydrogens (tertiary/aromatic N) is 2. The summed E-state index contributed by atoms with van der Waals surface area (Å²) in [5.41, 5.74) is 0.0234. The van der Waals surface area contributed by atoms with Crippen LogP contribution in [0.25, 0.3) is 0 Å². The molecule has 1 N–H and O–H groups in total. The van der Waals surface area contributed by atoms with Crippen LogP contribution in [-0.4, -0.2) is 27.8 Å². The highest BCUT2D eigenvalue weighted by Crippen LogP contribution is 2.60. The molecule has 4 nitrogen and oxygen atoms in total. The molecule has 1 aromatic heterocycles. The van der Waals surface area contributed by atoms with Crippen molar-refractivity contribution in [2.24, 2.45) is 23.2 Å². The van der Waals surface area contributed by atoms with Crippen LogP contribution in [0.1, 0.15) is 70.6 Å². The maximum Gasteiger partial charge on any atom is 0.206 e. The maximum atomic E-state index is 13.1. The van der Waals surface area contributed by atoms with Crippen LogP contribution in [0.4, 0.5) is 5.13 Å². The third kappa shape index (κ3) is 3.44. The molecule has 1 aromatic rings. The summed E-state index contributed by atoms with van der Waals surface area (Å²) >= 11 is 3.24. The van der Waals surface area contributed by atoms with Crippen molar-refractivity contribution in [2.75, 3.05) is 11.1 Å². The van der Waals surface area contributed by atoms with Crippen LogP contribution in [0.5, 0.6) is 0 Å². The Morgan fingerprint density at radius 1 is 1.04 bits per heavy atom. The monoisotopic (exact) mass is 391 g/mol. The number of ketones is 1. The smallest absolute Gasteiger partial charge is 0.206 e. The van der Waals surface area contributed by atoms with E-state index in [1.807, 2.05) is 0 Å². The number of hydrogen-bond acceptors (Lipinski definition) is 6. The number of thioether (sulfide) groups is 1. The van der Waals surface area contributed by atoms with Crippen molar-refractivity contribution in [3.63, 3.8) is 0 Å². The van der Waals surface area contributed by atoms with Gasteiger partial charge in [-0.1, -0.05) is 42.4 Å². The molecule has 0 saturated heterocycles. The zero-order valence-corrected chi connectivity index (χ0v) is 17.0. The van der Waals surface area contributed by atoms with Crippen molar-refractivity contribution in [3.8, 4) is 0 Å². The van der Waals surface area contributed by atoms with E-state index < -0.39 is 0 Å². The van der Waals surface area contributed by atoms with E-state index >= 15 is 0 Å². The molecule has 5 saturated carbocycles. The van der Waals surface area contributed by atoms with Crippen molar-refractivity contribution in [3.05, 3.63) is 0 Å². The second kappa shape index (κ2) is 7.08. The lowest BCUT2D eigenvalue weighted by molar-refractivity contribution is -0.141. The second-order valence-corrected chi connectivity index (χ2v) is 11.5. The van der Waals surface area contributed by atoms with Gasteiger partial charge in [0.15, 0.2) is 4.34 Å². The molecule has 142 valence electrons.